The van der Waals surface area contributed by atoms with E-state index in [-0.39, 0.29) is 5.60 Å². The van der Waals surface area contributed by atoms with Gasteiger partial charge in [-0.15, -0.1) is 0 Å². The Balaban J connectivity index is 1.97. The summed E-state index contributed by atoms with van der Waals surface area (Å²) >= 11 is 3.75. The van der Waals surface area contributed by atoms with Crippen molar-refractivity contribution >= 4 is 15.9 Å². The van der Waals surface area contributed by atoms with Crippen LogP contribution in [0.15, 0.2) is 0 Å². The summed E-state index contributed by atoms with van der Waals surface area (Å²) in [6.07, 6.45) is 5.98. The molecule has 100 valence electrons. The van der Waals surface area contributed by atoms with Crippen molar-refractivity contribution in [3.8, 4) is 0 Å². The monoisotopic (exact) mass is 303 g/mol. The molecular formula is C14H26BrNO. The topological polar surface area (TPSA) is 12.5 Å². The number of morpholine rings is 1. The van der Waals surface area contributed by atoms with Crippen molar-refractivity contribution in [2.45, 2.75) is 58.2 Å². The van der Waals surface area contributed by atoms with E-state index in [0.29, 0.717) is 11.5 Å². The van der Waals surface area contributed by atoms with Crippen molar-refractivity contribution in [3.63, 3.8) is 0 Å². The first-order chi connectivity index (χ1) is 7.95. The second-order valence-corrected chi connectivity index (χ2v) is 7.26. The van der Waals surface area contributed by atoms with Gasteiger partial charge in [0.2, 0.25) is 0 Å². The second kappa shape index (κ2) is 5.18. The molecule has 2 fully saturated rings. The first-order valence-corrected chi connectivity index (χ1v) is 8.03. The Kier molecular flexibility index (Phi) is 4.21. The molecule has 1 saturated heterocycles. The summed E-state index contributed by atoms with van der Waals surface area (Å²) in [5.74, 6) is 0. The van der Waals surface area contributed by atoms with Gasteiger partial charge in [0, 0.05) is 25.0 Å². The van der Waals surface area contributed by atoms with Crippen molar-refractivity contribution in [1.29, 1.82) is 0 Å². The second-order valence-electron chi connectivity index (χ2n) is 6.70. The highest BCUT2D eigenvalue weighted by molar-refractivity contribution is 9.09. The molecule has 0 aromatic heterocycles. The quantitative estimate of drug-likeness (QED) is 0.741. The van der Waals surface area contributed by atoms with Gasteiger partial charge < -0.3 is 4.74 Å². The maximum Gasteiger partial charge on any atom is 0.0757 e. The molecule has 0 spiro atoms. The minimum absolute atomic E-state index is 0.0176. The molecule has 2 aliphatic rings. The molecular weight excluding hydrogens is 278 g/mol. The maximum atomic E-state index is 5.98. The minimum atomic E-state index is 0.0176. The van der Waals surface area contributed by atoms with Crippen LogP contribution in [0.4, 0.5) is 0 Å². The normalized spacial score (nSPS) is 32.8. The first-order valence-electron chi connectivity index (χ1n) is 6.91. The highest BCUT2D eigenvalue weighted by atomic mass is 79.9. The SMILES string of the molecule is CC1CN(CC2(CBr)CCCC2)CC(C)(C)O1. The van der Waals surface area contributed by atoms with Crippen LogP contribution >= 0.6 is 15.9 Å². The zero-order valence-electron chi connectivity index (χ0n) is 11.5. The number of halogens is 1. The predicted molar refractivity (Wildman–Crippen MR) is 75.8 cm³/mol. The van der Waals surface area contributed by atoms with E-state index in [1.807, 2.05) is 0 Å². The summed E-state index contributed by atoms with van der Waals surface area (Å²) in [7, 11) is 0. The van der Waals surface area contributed by atoms with E-state index in [2.05, 4.69) is 41.6 Å². The Hall–Kier alpha value is 0.400. The number of alkyl halides is 1. The number of hydrogen-bond acceptors (Lipinski definition) is 2. The third kappa shape index (κ3) is 3.45. The fraction of sp³-hybridized carbons (Fsp3) is 1.00. The molecule has 0 aromatic carbocycles. The lowest BCUT2D eigenvalue weighted by molar-refractivity contribution is -0.134. The fourth-order valence-corrected chi connectivity index (χ4v) is 4.38. The van der Waals surface area contributed by atoms with Crippen molar-refractivity contribution in [2.24, 2.45) is 5.41 Å². The van der Waals surface area contributed by atoms with Crippen molar-refractivity contribution < 1.29 is 4.74 Å². The number of rotatable bonds is 3. The molecule has 1 atom stereocenters. The molecule has 0 bridgehead atoms. The van der Waals surface area contributed by atoms with E-state index >= 15 is 0 Å². The van der Waals surface area contributed by atoms with Crippen molar-refractivity contribution in [2.75, 3.05) is 25.0 Å². The van der Waals surface area contributed by atoms with E-state index in [0.717, 1.165) is 18.4 Å². The summed E-state index contributed by atoms with van der Waals surface area (Å²) in [4.78, 5) is 2.63. The lowest BCUT2D eigenvalue weighted by Crippen LogP contribution is -2.54. The van der Waals surface area contributed by atoms with Crippen LogP contribution < -0.4 is 0 Å². The largest absolute Gasteiger partial charge is 0.370 e. The summed E-state index contributed by atoms with van der Waals surface area (Å²) in [5.41, 5.74) is 0.552. The van der Waals surface area contributed by atoms with Gasteiger partial charge in [0.1, 0.15) is 0 Å². The molecule has 2 rings (SSSR count). The van der Waals surface area contributed by atoms with Gasteiger partial charge in [0.25, 0.3) is 0 Å². The van der Waals surface area contributed by atoms with Crippen molar-refractivity contribution in [3.05, 3.63) is 0 Å². The number of hydrogen-bond donors (Lipinski definition) is 0. The molecule has 0 N–H and O–H groups in total. The van der Waals surface area contributed by atoms with Gasteiger partial charge in [-0.1, -0.05) is 28.8 Å². The van der Waals surface area contributed by atoms with E-state index in [9.17, 15) is 0 Å². The van der Waals surface area contributed by atoms with Gasteiger partial charge in [-0.3, -0.25) is 4.90 Å². The minimum Gasteiger partial charge on any atom is -0.370 e. The van der Waals surface area contributed by atoms with E-state index in [1.54, 1.807) is 0 Å². The Morgan fingerprint density at radius 2 is 1.94 bits per heavy atom. The van der Waals surface area contributed by atoms with E-state index in [4.69, 9.17) is 4.74 Å². The van der Waals surface area contributed by atoms with Crippen LogP contribution in [0.25, 0.3) is 0 Å². The standard InChI is InChI=1S/C14H26BrNO/c1-12-8-16(10-13(2,3)17-12)11-14(9-15)6-4-5-7-14/h12H,4-11H2,1-3H3. The van der Waals surface area contributed by atoms with Gasteiger partial charge in [0.05, 0.1) is 11.7 Å². The number of nitrogens with zero attached hydrogens (tertiary/aromatic N) is 1. The van der Waals surface area contributed by atoms with Gasteiger partial charge in [-0.25, -0.2) is 0 Å². The van der Waals surface area contributed by atoms with Gasteiger partial charge in [-0.2, -0.15) is 0 Å². The Labute approximate surface area is 114 Å². The van der Waals surface area contributed by atoms with Crippen LogP contribution in [0.3, 0.4) is 0 Å². The molecule has 1 unspecified atom stereocenters. The Bertz CT molecular complexity index is 261. The van der Waals surface area contributed by atoms with Crippen LogP contribution in [-0.4, -0.2) is 41.6 Å². The molecule has 0 amide bonds. The number of ether oxygens (including phenoxy) is 1. The van der Waals surface area contributed by atoms with Crippen LogP contribution in [0.5, 0.6) is 0 Å². The summed E-state index contributed by atoms with van der Waals surface area (Å²) in [5, 5.41) is 1.16. The van der Waals surface area contributed by atoms with E-state index < -0.39 is 0 Å². The molecule has 1 saturated carbocycles. The lowest BCUT2D eigenvalue weighted by atomic mass is 9.87. The van der Waals surface area contributed by atoms with Crippen LogP contribution in [0.2, 0.25) is 0 Å². The van der Waals surface area contributed by atoms with Crippen LogP contribution in [-0.2, 0) is 4.74 Å². The third-order valence-corrected chi connectivity index (χ3v) is 5.34. The van der Waals surface area contributed by atoms with Gasteiger partial charge in [0.15, 0.2) is 0 Å². The third-order valence-electron chi connectivity index (χ3n) is 4.15. The first kappa shape index (κ1) is 13.8. The summed E-state index contributed by atoms with van der Waals surface area (Å²) < 4.78 is 5.98. The van der Waals surface area contributed by atoms with E-state index in [1.165, 1.54) is 32.2 Å². The Morgan fingerprint density at radius 1 is 1.29 bits per heavy atom. The zero-order valence-corrected chi connectivity index (χ0v) is 13.1. The smallest absolute Gasteiger partial charge is 0.0757 e. The fourth-order valence-electron chi connectivity index (χ4n) is 3.64. The molecule has 0 radical (unpaired) electrons. The summed E-state index contributed by atoms with van der Waals surface area (Å²) in [6, 6.07) is 0. The average Bonchev–Trinajstić information content (AvgIpc) is 2.63. The van der Waals surface area contributed by atoms with Crippen molar-refractivity contribution in [1.82, 2.24) is 4.90 Å². The lowest BCUT2D eigenvalue weighted by Gasteiger charge is -2.45. The molecule has 0 aromatic rings. The predicted octanol–water partition coefficient (Wildman–Crippen LogP) is 3.44. The zero-order chi connectivity index (χ0) is 12.5. The molecule has 1 aliphatic carbocycles. The average molecular weight is 304 g/mol. The maximum absolute atomic E-state index is 5.98. The van der Waals surface area contributed by atoms with Gasteiger partial charge >= 0.3 is 0 Å². The molecule has 3 heteroatoms. The molecule has 1 aliphatic heterocycles. The summed E-state index contributed by atoms with van der Waals surface area (Å²) in [6.45, 7) is 10.0. The molecule has 17 heavy (non-hydrogen) atoms. The van der Waals surface area contributed by atoms with Crippen LogP contribution in [0.1, 0.15) is 46.5 Å². The van der Waals surface area contributed by atoms with Gasteiger partial charge in [-0.05, 0) is 39.0 Å². The molecule has 1 heterocycles. The van der Waals surface area contributed by atoms with Crippen LogP contribution in [0, 0.1) is 5.41 Å². The molecule has 2 nitrogen and oxygen atoms in total. The Morgan fingerprint density at radius 3 is 2.47 bits per heavy atom. The highest BCUT2D eigenvalue weighted by Crippen LogP contribution is 2.41. The highest BCUT2D eigenvalue weighted by Gasteiger charge is 2.38.